The predicted molar refractivity (Wildman–Crippen MR) is 75.0 cm³/mol. The van der Waals surface area contributed by atoms with E-state index in [9.17, 15) is 17.1 Å². The molecule has 0 saturated heterocycles. The Morgan fingerprint density at radius 1 is 1.40 bits per heavy atom. The fourth-order valence-corrected chi connectivity index (χ4v) is 2.21. The van der Waals surface area contributed by atoms with E-state index in [0.717, 1.165) is 0 Å². The minimum Gasteiger partial charge on any atom is -0.444 e. The first-order chi connectivity index (χ1) is 8.96. The zero-order valence-electron chi connectivity index (χ0n) is 11.2. The molecular weight excluding hydrogens is 309 g/mol. The number of amides is 1. The molecule has 112 valence electrons. The van der Waals surface area contributed by atoms with Gasteiger partial charge in [-0.3, -0.25) is 5.32 Å². The first kappa shape index (κ1) is 16.7. The van der Waals surface area contributed by atoms with Crippen molar-refractivity contribution >= 4 is 33.6 Å². The molecule has 0 bridgehead atoms. The van der Waals surface area contributed by atoms with Crippen molar-refractivity contribution in [3.8, 4) is 0 Å². The molecule has 1 amide bonds. The quantitative estimate of drug-likeness (QED) is 0.864. The standard InChI is InChI=1S/C12H15ClFNO4S/c1-12(2,3)19-11(16)15-10-5-4-9(13)6-8(10)7-20(14,17)18/h4-6H,7H2,1-3H3,(H,15,16). The zero-order valence-corrected chi connectivity index (χ0v) is 12.8. The van der Waals surface area contributed by atoms with Crippen LogP contribution in [0, 0.1) is 0 Å². The van der Waals surface area contributed by atoms with Gasteiger partial charge in [0, 0.05) is 10.7 Å². The summed E-state index contributed by atoms with van der Waals surface area (Å²) in [5.41, 5.74) is -0.529. The number of hydrogen-bond donors (Lipinski definition) is 1. The number of anilines is 1. The van der Waals surface area contributed by atoms with Gasteiger partial charge in [-0.25, -0.2) is 4.79 Å². The van der Waals surface area contributed by atoms with Crippen LogP contribution >= 0.6 is 11.6 Å². The van der Waals surface area contributed by atoms with E-state index >= 15 is 0 Å². The molecule has 0 aliphatic carbocycles. The van der Waals surface area contributed by atoms with Gasteiger partial charge >= 0.3 is 16.3 Å². The van der Waals surface area contributed by atoms with E-state index in [1.54, 1.807) is 20.8 Å². The summed E-state index contributed by atoms with van der Waals surface area (Å²) in [7, 11) is -4.74. The third-order valence-electron chi connectivity index (χ3n) is 2.03. The van der Waals surface area contributed by atoms with Gasteiger partial charge in [0.15, 0.2) is 0 Å². The summed E-state index contributed by atoms with van der Waals surface area (Å²) >= 11 is 5.73. The van der Waals surface area contributed by atoms with Crippen LogP contribution in [0.1, 0.15) is 26.3 Å². The van der Waals surface area contributed by atoms with Crippen LogP contribution in [0.25, 0.3) is 0 Å². The maximum Gasteiger partial charge on any atom is 0.412 e. The Kier molecular flexibility index (Phi) is 4.99. The van der Waals surface area contributed by atoms with Crippen LogP contribution < -0.4 is 5.32 Å². The van der Waals surface area contributed by atoms with Gasteiger partial charge in [0.1, 0.15) is 11.4 Å². The van der Waals surface area contributed by atoms with Crippen molar-refractivity contribution in [2.75, 3.05) is 5.32 Å². The molecule has 1 aromatic carbocycles. The smallest absolute Gasteiger partial charge is 0.412 e. The summed E-state index contributed by atoms with van der Waals surface area (Å²) in [6.45, 7) is 5.05. The number of carbonyl (C=O) groups is 1. The molecule has 0 unspecified atom stereocenters. The molecule has 0 aliphatic heterocycles. The van der Waals surface area contributed by atoms with E-state index < -0.39 is 27.7 Å². The van der Waals surface area contributed by atoms with Crippen molar-refractivity contribution in [2.45, 2.75) is 32.1 Å². The number of halogens is 2. The lowest BCUT2D eigenvalue weighted by Gasteiger charge is -2.20. The number of hydrogen-bond acceptors (Lipinski definition) is 4. The fourth-order valence-electron chi connectivity index (χ4n) is 1.40. The van der Waals surface area contributed by atoms with Crippen molar-refractivity contribution in [2.24, 2.45) is 0 Å². The molecule has 0 heterocycles. The molecule has 1 rings (SSSR count). The van der Waals surface area contributed by atoms with E-state index in [1.165, 1.54) is 18.2 Å². The van der Waals surface area contributed by atoms with Crippen LogP contribution in [0.15, 0.2) is 18.2 Å². The average molecular weight is 324 g/mol. The van der Waals surface area contributed by atoms with Gasteiger partial charge < -0.3 is 4.74 Å². The molecule has 0 aliphatic rings. The predicted octanol–water partition coefficient (Wildman–Crippen LogP) is 3.49. The minimum atomic E-state index is -4.74. The molecule has 0 atom stereocenters. The maximum absolute atomic E-state index is 12.8. The highest BCUT2D eigenvalue weighted by Crippen LogP contribution is 2.24. The minimum absolute atomic E-state index is 0.0471. The van der Waals surface area contributed by atoms with Crippen LogP contribution in [-0.2, 0) is 20.7 Å². The summed E-state index contributed by atoms with van der Waals surface area (Å²) in [5, 5.41) is 2.60. The van der Waals surface area contributed by atoms with Gasteiger partial charge in [-0.05, 0) is 44.5 Å². The summed E-state index contributed by atoms with van der Waals surface area (Å²) in [6.07, 6.45) is -0.766. The van der Waals surface area contributed by atoms with Crippen LogP contribution in [-0.4, -0.2) is 20.1 Å². The Bertz CT molecular complexity index is 610. The Labute approximate surface area is 122 Å². The van der Waals surface area contributed by atoms with E-state index in [4.69, 9.17) is 16.3 Å². The van der Waals surface area contributed by atoms with E-state index in [1.807, 2.05) is 0 Å². The molecule has 0 aromatic heterocycles. The third kappa shape index (κ3) is 6.21. The molecule has 0 spiro atoms. The SMILES string of the molecule is CC(C)(C)OC(=O)Nc1ccc(Cl)cc1CS(=O)(=O)F. The van der Waals surface area contributed by atoms with Gasteiger partial charge in [-0.1, -0.05) is 11.6 Å². The average Bonchev–Trinajstić information content (AvgIpc) is 2.17. The monoisotopic (exact) mass is 323 g/mol. The fraction of sp³-hybridized carbons (Fsp3) is 0.417. The van der Waals surface area contributed by atoms with Gasteiger partial charge in [0.2, 0.25) is 0 Å². The van der Waals surface area contributed by atoms with Gasteiger partial charge in [-0.2, -0.15) is 8.42 Å². The summed E-state index contributed by atoms with van der Waals surface area (Å²) in [5.74, 6) is -0.876. The van der Waals surface area contributed by atoms with Crippen molar-refractivity contribution in [3.05, 3.63) is 28.8 Å². The highest BCUT2D eigenvalue weighted by molar-refractivity contribution is 7.85. The summed E-state index contributed by atoms with van der Waals surface area (Å²) in [4.78, 5) is 11.6. The van der Waals surface area contributed by atoms with E-state index in [0.29, 0.717) is 0 Å². The zero-order chi connectivity index (χ0) is 15.6. The van der Waals surface area contributed by atoms with Gasteiger partial charge in [-0.15, -0.1) is 3.89 Å². The van der Waals surface area contributed by atoms with Crippen molar-refractivity contribution in [1.29, 1.82) is 0 Å². The largest absolute Gasteiger partial charge is 0.444 e. The molecule has 20 heavy (non-hydrogen) atoms. The summed E-state index contributed by atoms with van der Waals surface area (Å²) < 4.78 is 39.3. The highest BCUT2D eigenvalue weighted by Gasteiger charge is 2.19. The lowest BCUT2D eigenvalue weighted by Crippen LogP contribution is -2.27. The second-order valence-corrected chi connectivity index (χ2v) is 6.91. The van der Waals surface area contributed by atoms with Crippen molar-refractivity contribution < 1.29 is 21.8 Å². The maximum atomic E-state index is 12.8. The van der Waals surface area contributed by atoms with Crippen molar-refractivity contribution in [1.82, 2.24) is 0 Å². The second-order valence-electron chi connectivity index (χ2n) is 5.11. The van der Waals surface area contributed by atoms with Gasteiger partial charge in [0.25, 0.3) is 0 Å². The van der Waals surface area contributed by atoms with Crippen LogP contribution in [0.4, 0.5) is 14.4 Å². The van der Waals surface area contributed by atoms with Crippen molar-refractivity contribution in [3.63, 3.8) is 0 Å². The normalized spacial score (nSPS) is 12.1. The molecule has 5 nitrogen and oxygen atoms in total. The number of ether oxygens (including phenoxy) is 1. The van der Waals surface area contributed by atoms with Gasteiger partial charge in [0.05, 0.1) is 0 Å². The molecule has 0 saturated carbocycles. The number of benzene rings is 1. The molecule has 1 N–H and O–H groups in total. The lowest BCUT2D eigenvalue weighted by atomic mass is 10.2. The Hall–Kier alpha value is -1.34. The van der Waals surface area contributed by atoms with Crippen LogP contribution in [0.2, 0.25) is 5.02 Å². The number of nitrogens with one attached hydrogen (secondary N) is 1. The Morgan fingerprint density at radius 2 is 2.00 bits per heavy atom. The summed E-state index contributed by atoms with van der Waals surface area (Å²) in [6, 6.07) is 4.10. The highest BCUT2D eigenvalue weighted by atomic mass is 35.5. The topological polar surface area (TPSA) is 72.5 Å². The van der Waals surface area contributed by atoms with Crippen LogP contribution in [0.5, 0.6) is 0 Å². The molecule has 1 aromatic rings. The molecule has 0 radical (unpaired) electrons. The first-order valence-corrected chi connectivity index (χ1v) is 7.60. The number of rotatable bonds is 3. The third-order valence-corrected chi connectivity index (χ3v) is 2.92. The first-order valence-electron chi connectivity index (χ1n) is 5.67. The Morgan fingerprint density at radius 3 is 2.50 bits per heavy atom. The van der Waals surface area contributed by atoms with E-state index in [2.05, 4.69) is 5.32 Å². The van der Waals surface area contributed by atoms with Crippen LogP contribution in [0.3, 0.4) is 0 Å². The molecule has 0 fully saturated rings. The molecule has 8 heteroatoms. The second kappa shape index (κ2) is 5.97. The lowest BCUT2D eigenvalue weighted by molar-refractivity contribution is 0.0635. The van der Waals surface area contributed by atoms with E-state index in [-0.39, 0.29) is 16.3 Å². The number of carbonyl (C=O) groups excluding carboxylic acids is 1. The Balaban J connectivity index is 2.98. The molecular formula is C12H15ClFNO4S.